The maximum Gasteiger partial charge on any atom is 0.0934 e. The lowest BCUT2D eigenvalue weighted by Gasteiger charge is -2.00. The minimum absolute atomic E-state index is 0.547. The lowest BCUT2D eigenvalue weighted by molar-refractivity contribution is 0.779. The van der Waals surface area contributed by atoms with E-state index in [1.165, 1.54) is 0 Å². The van der Waals surface area contributed by atoms with Crippen molar-refractivity contribution in [2.75, 3.05) is 0 Å². The molecule has 2 rings (SSSR count). The second-order valence-corrected chi connectivity index (χ2v) is 3.77. The highest BCUT2D eigenvalue weighted by Crippen LogP contribution is 2.26. The van der Waals surface area contributed by atoms with E-state index in [0.717, 1.165) is 20.9 Å². The summed E-state index contributed by atoms with van der Waals surface area (Å²) in [5.74, 6) is 0. The maximum absolute atomic E-state index is 5.59. The standard InChI is InChI=1S/C9H10BrN3/c1-13-5-7-8(12-13)3-2-6(4-11)9(7)10/h2-3,5H,4,11H2,1H3. The highest BCUT2D eigenvalue weighted by Gasteiger charge is 2.05. The first-order valence-corrected chi connectivity index (χ1v) is 4.82. The van der Waals surface area contributed by atoms with Crippen LogP contribution < -0.4 is 5.73 Å². The molecule has 0 amide bonds. The van der Waals surface area contributed by atoms with Gasteiger partial charge in [-0.2, -0.15) is 5.10 Å². The van der Waals surface area contributed by atoms with Crippen LogP contribution in [0.25, 0.3) is 10.9 Å². The van der Waals surface area contributed by atoms with Crippen LogP contribution in [-0.4, -0.2) is 9.78 Å². The molecule has 0 aliphatic heterocycles. The Kier molecular flexibility index (Phi) is 2.09. The zero-order valence-electron chi connectivity index (χ0n) is 7.29. The van der Waals surface area contributed by atoms with Crippen molar-refractivity contribution in [2.45, 2.75) is 6.54 Å². The topological polar surface area (TPSA) is 43.8 Å². The minimum atomic E-state index is 0.547. The van der Waals surface area contributed by atoms with Crippen molar-refractivity contribution in [1.29, 1.82) is 0 Å². The molecular weight excluding hydrogens is 230 g/mol. The molecule has 0 bridgehead atoms. The van der Waals surface area contributed by atoms with E-state index in [-0.39, 0.29) is 0 Å². The summed E-state index contributed by atoms with van der Waals surface area (Å²) in [4.78, 5) is 0. The van der Waals surface area contributed by atoms with E-state index in [0.29, 0.717) is 6.54 Å². The first-order chi connectivity index (χ1) is 6.22. The molecule has 3 nitrogen and oxygen atoms in total. The van der Waals surface area contributed by atoms with Gasteiger partial charge in [0.15, 0.2) is 0 Å². The molecule has 2 N–H and O–H groups in total. The SMILES string of the molecule is Cn1cc2c(Br)c(CN)ccc2n1. The molecule has 13 heavy (non-hydrogen) atoms. The molecule has 0 aliphatic rings. The molecule has 4 heteroatoms. The molecule has 0 unspecified atom stereocenters. The second kappa shape index (κ2) is 3.12. The van der Waals surface area contributed by atoms with Crippen molar-refractivity contribution in [3.8, 4) is 0 Å². The summed E-state index contributed by atoms with van der Waals surface area (Å²) in [5.41, 5.74) is 7.70. The molecule has 0 spiro atoms. The van der Waals surface area contributed by atoms with Gasteiger partial charge >= 0.3 is 0 Å². The first kappa shape index (κ1) is 8.72. The number of hydrogen-bond donors (Lipinski definition) is 1. The number of aromatic nitrogens is 2. The zero-order chi connectivity index (χ0) is 9.42. The molecule has 2 aromatic rings. The van der Waals surface area contributed by atoms with E-state index in [2.05, 4.69) is 21.0 Å². The third-order valence-electron chi connectivity index (χ3n) is 2.04. The number of aryl methyl sites for hydroxylation is 1. The van der Waals surface area contributed by atoms with Gasteiger partial charge in [-0.15, -0.1) is 0 Å². The van der Waals surface area contributed by atoms with Crippen LogP contribution in [0.15, 0.2) is 22.8 Å². The van der Waals surface area contributed by atoms with E-state index in [1.807, 2.05) is 25.4 Å². The minimum Gasteiger partial charge on any atom is -0.326 e. The lowest BCUT2D eigenvalue weighted by Crippen LogP contribution is -1.96. The summed E-state index contributed by atoms with van der Waals surface area (Å²) in [6.45, 7) is 0.547. The average molecular weight is 240 g/mol. The van der Waals surface area contributed by atoms with Crippen molar-refractivity contribution in [3.05, 3.63) is 28.4 Å². The molecule has 0 atom stereocenters. The van der Waals surface area contributed by atoms with Crippen molar-refractivity contribution in [2.24, 2.45) is 12.8 Å². The zero-order valence-corrected chi connectivity index (χ0v) is 8.87. The Balaban J connectivity index is 2.78. The fourth-order valence-corrected chi connectivity index (χ4v) is 1.98. The molecule has 0 saturated heterocycles. The number of nitrogens with two attached hydrogens (primary N) is 1. The van der Waals surface area contributed by atoms with Crippen molar-refractivity contribution < 1.29 is 0 Å². The normalized spacial score (nSPS) is 11.0. The number of benzene rings is 1. The maximum atomic E-state index is 5.59. The summed E-state index contributed by atoms with van der Waals surface area (Å²) in [5, 5.41) is 5.41. The molecule has 1 aromatic carbocycles. The van der Waals surface area contributed by atoms with E-state index >= 15 is 0 Å². The molecule has 0 aliphatic carbocycles. The number of rotatable bonds is 1. The Labute approximate surface area is 84.7 Å². The third-order valence-corrected chi connectivity index (χ3v) is 2.97. The van der Waals surface area contributed by atoms with Gasteiger partial charge in [-0.05, 0) is 27.6 Å². The highest BCUT2D eigenvalue weighted by atomic mass is 79.9. The smallest absolute Gasteiger partial charge is 0.0934 e. The van der Waals surface area contributed by atoms with Crippen LogP contribution in [0.4, 0.5) is 0 Å². The Morgan fingerprint density at radius 2 is 2.31 bits per heavy atom. The molecular formula is C9H10BrN3. The average Bonchev–Trinajstić information content (AvgIpc) is 2.47. The summed E-state index contributed by atoms with van der Waals surface area (Å²) in [7, 11) is 1.91. The van der Waals surface area contributed by atoms with Gasteiger partial charge in [-0.3, -0.25) is 4.68 Å². The highest BCUT2D eigenvalue weighted by molar-refractivity contribution is 9.10. The Hall–Kier alpha value is -0.870. The number of fused-ring (bicyclic) bond motifs is 1. The van der Waals surface area contributed by atoms with Gasteiger partial charge in [0, 0.05) is 29.6 Å². The third kappa shape index (κ3) is 1.36. The van der Waals surface area contributed by atoms with E-state index in [1.54, 1.807) is 4.68 Å². The Bertz CT molecular complexity index is 447. The van der Waals surface area contributed by atoms with Gasteiger partial charge in [0.2, 0.25) is 0 Å². The van der Waals surface area contributed by atoms with Crippen LogP contribution in [0.3, 0.4) is 0 Å². The van der Waals surface area contributed by atoms with Gasteiger partial charge in [-0.1, -0.05) is 6.07 Å². The summed E-state index contributed by atoms with van der Waals surface area (Å²) < 4.78 is 2.86. The van der Waals surface area contributed by atoms with Crippen molar-refractivity contribution in [1.82, 2.24) is 9.78 Å². The van der Waals surface area contributed by atoms with E-state index in [9.17, 15) is 0 Å². The summed E-state index contributed by atoms with van der Waals surface area (Å²) >= 11 is 3.52. The van der Waals surface area contributed by atoms with Crippen LogP contribution in [-0.2, 0) is 13.6 Å². The summed E-state index contributed by atoms with van der Waals surface area (Å²) in [6, 6.07) is 3.99. The van der Waals surface area contributed by atoms with Crippen LogP contribution in [0.1, 0.15) is 5.56 Å². The van der Waals surface area contributed by atoms with Crippen LogP contribution >= 0.6 is 15.9 Å². The van der Waals surface area contributed by atoms with E-state index < -0.39 is 0 Å². The van der Waals surface area contributed by atoms with Gasteiger partial charge in [0.1, 0.15) is 0 Å². The van der Waals surface area contributed by atoms with Gasteiger partial charge in [0.25, 0.3) is 0 Å². The molecule has 1 aromatic heterocycles. The fourth-order valence-electron chi connectivity index (χ4n) is 1.38. The van der Waals surface area contributed by atoms with Crippen LogP contribution in [0.5, 0.6) is 0 Å². The van der Waals surface area contributed by atoms with E-state index in [4.69, 9.17) is 5.73 Å². The predicted octanol–water partition coefficient (Wildman–Crippen LogP) is 1.79. The number of halogens is 1. The molecule has 0 saturated carbocycles. The van der Waals surface area contributed by atoms with Crippen molar-refractivity contribution in [3.63, 3.8) is 0 Å². The lowest BCUT2D eigenvalue weighted by atomic mass is 10.2. The Morgan fingerprint density at radius 1 is 1.54 bits per heavy atom. The van der Waals surface area contributed by atoms with Gasteiger partial charge in [-0.25, -0.2) is 0 Å². The van der Waals surface area contributed by atoms with Gasteiger partial charge < -0.3 is 5.73 Å². The second-order valence-electron chi connectivity index (χ2n) is 2.98. The van der Waals surface area contributed by atoms with Gasteiger partial charge in [0.05, 0.1) is 5.52 Å². The fraction of sp³-hybridized carbons (Fsp3) is 0.222. The molecule has 1 heterocycles. The monoisotopic (exact) mass is 239 g/mol. The van der Waals surface area contributed by atoms with Crippen molar-refractivity contribution >= 4 is 26.8 Å². The first-order valence-electron chi connectivity index (χ1n) is 4.03. The number of nitrogens with zero attached hydrogens (tertiary/aromatic N) is 2. The predicted molar refractivity (Wildman–Crippen MR) is 56.3 cm³/mol. The molecule has 0 fully saturated rings. The van der Waals surface area contributed by atoms with Crippen LogP contribution in [0, 0.1) is 0 Å². The van der Waals surface area contributed by atoms with Crippen LogP contribution in [0.2, 0.25) is 0 Å². The Morgan fingerprint density at radius 3 is 3.00 bits per heavy atom. The number of hydrogen-bond acceptors (Lipinski definition) is 2. The molecule has 68 valence electrons. The molecule has 0 radical (unpaired) electrons. The summed E-state index contributed by atoms with van der Waals surface area (Å²) in [6.07, 6.45) is 1.98. The quantitative estimate of drug-likeness (QED) is 0.825. The largest absolute Gasteiger partial charge is 0.326 e.